The highest BCUT2D eigenvalue weighted by Crippen LogP contribution is 2.28. The van der Waals surface area contributed by atoms with Crippen LogP contribution in [0, 0.1) is 13.8 Å². The van der Waals surface area contributed by atoms with Gasteiger partial charge in [-0.1, -0.05) is 12.8 Å². The second-order valence-electron chi connectivity index (χ2n) is 5.40. The van der Waals surface area contributed by atoms with E-state index in [0.717, 1.165) is 25.7 Å². The Morgan fingerprint density at radius 1 is 1.30 bits per heavy atom. The Labute approximate surface area is 126 Å². The van der Waals surface area contributed by atoms with E-state index in [1.807, 2.05) is 0 Å². The van der Waals surface area contributed by atoms with E-state index in [-0.39, 0.29) is 6.04 Å². The van der Waals surface area contributed by atoms with Gasteiger partial charge >= 0.3 is 0 Å². The SMILES string of the molecule is Cc1nn(C)c(C)c1S(=O)(=O)N1CCCCCC1CCl. The summed E-state index contributed by atoms with van der Waals surface area (Å²) >= 11 is 6.00. The number of halogens is 1. The van der Waals surface area contributed by atoms with E-state index in [0.29, 0.717) is 28.7 Å². The van der Waals surface area contributed by atoms with Crippen LogP contribution in [-0.4, -0.2) is 41.0 Å². The van der Waals surface area contributed by atoms with Crippen LogP contribution >= 0.6 is 11.6 Å². The monoisotopic (exact) mass is 319 g/mol. The maximum absolute atomic E-state index is 13.0. The molecule has 1 unspecified atom stereocenters. The van der Waals surface area contributed by atoms with Crippen LogP contribution in [0.3, 0.4) is 0 Å². The van der Waals surface area contributed by atoms with Crippen molar-refractivity contribution in [3.63, 3.8) is 0 Å². The number of alkyl halides is 1. The van der Waals surface area contributed by atoms with E-state index in [4.69, 9.17) is 11.6 Å². The lowest BCUT2D eigenvalue weighted by Gasteiger charge is -2.27. The Morgan fingerprint density at radius 3 is 2.55 bits per heavy atom. The summed E-state index contributed by atoms with van der Waals surface area (Å²) in [5.74, 6) is 0.345. The van der Waals surface area contributed by atoms with E-state index in [1.54, 1.807) is 29.9 Å². The molecule has 114 valence electrons. The van der Waals surface area contributed by atoms with E-state index in [1.165, 1.54) is 0 Å². The highest BCUT2D eigenvalue weighted by molar-refractivity contribution is 7.89. The first-order valence-corrected chi connectivity index (χ1v) is 8.95. The normalized spacial score (nSPS) is 21.9. The van der Waals surface area contributed by atoms with Crippen molar-refractivity contribution in [1.29, 1.82) is 0 Å². The van der Waals surface area contributed by atoms with Crippen LogP contribution in [0.25, 0.3) is 0 Å². The lowest BCUT2D eigenvalue weighted by atomic mass is 10.1. The van der Waals surface area contributed by atoms with Crippen LogP contribution in [-0.2, 0) is 17.1 Å². The molecule has 0 saturated carbocycles. The molecule has 0 aromatic carbocycles. The molecule has 0 aliphatic carbocycles. The number of aryl methyl sites for hydroxylation is 2. The predicted molar refractivity (Wildman–Crippen MR) is 79.5 cm³/mol. The van der Waals surface area contributed by atoms with Gasteiger partial charge in [0.15, 0.2) is 0 Å². The van der Waals surface area contributed by atoms with Gasteiger partial charge < -0.3 is 0 Å². The van der Waals surface area contributed by atoms with Crippen LogP contribution in [0.2, 0.25) is 0 Å². The van der Waals surface area contributed by atoms with Gasteiger partial charge in [0, 0.05) is 25.5 Å². The van der Waals surface area contributed by atoms with Gasteiger partial charge in [-0.3, -0.25) is 4.68 Å². The largest absolute Gasteiger partial charge is 0.271 e. The van der Waals surface area contributed by atoms with Gasteiger partial charge in [0.05, 0.1) is 11.4 Å². The fraction of sp³-hybridized carbons (Fsp3) is 0.769. The average molecular weight is 320 g/mol. The third kappa shape index (κ3) is 2.73. The third-order valence-corrected chi connectivity index (χ3v) is 6.57. The summed E-state index contributed by atoms with van der Waals surface area (Å²) in [7, 11) is -1.75. The van der Waals surface area contributed by atoms with Crippen molar-refractivity contribution in [2.45, 2.75) is 50.5 Å². The zero-order valence-corrected chi connectivity index (χ0v) is 13.8. The molecular formula is C13H22ClN3O2S. The molecule has 1 saturated heterocycles. The van der Waals surface area contributed by atoms with Crippen LogP contribution in [0.4, 0.5) is 0 Å². The summed E-state index contributed by atoms with van der Waals surface area (Å²) < 4.78 is 29.2. The molecule has 0 N–H and O–H groups in total. The molecule has 2 heterocycles. The number of rotatable bonds is 3. The van der Waals surface area contributed by atoms with Crippen molar-refractivity contribution in [3.8, 4) is 0 Å². The minimum atomic E-state index is -3.52. The molecule has 0 spiro atoms. The van der Waals surface area contributed by atoms with Gasteiger partial charge in [0.25, 0.3) is 0 Å². The number of aromatic nitrogens is 2. The zero-order valence-electron chi connectivity index (χ0n) is 12.3. The number of hydrogen-bond donors (Lipinski definition) is 0. The molecule has 1 aromatic heterocycles. The Morgan fingerprint density at radius 2 is 2.00 bits per heavy atom. The molecule has 0 bridgehead atoms. The van der Waals surface area contributed by atoms with Crippen molar-refractivity contribution in [2.75, 3.05) is 12.4 Å². The molecular weight excluding hydrogens is 298 g/mol. The third-order valence-electron chi connectivity index (χ3n) is 4.01. The van der Waals surface area contributed by atoms with Crippen molar-refractivity contribution in [1.82, 2.24) is 14.1 Å². The molecule has 5 nitrogen and oxygen atoms in total. The molecule has 7 heteroatoms. The molecule has 1 atom stereocenters. The lowest BCUT2D eigenvalue weighted by Crippen LogP contribution is -2.41. The minimum Gasteiger partial charge on any atom is -0.271 e. The highest BCUT2D eigenvalue weighted by Gasteiger charge is 2.35. The van der Waals surface area contributed by atoms with Gasteiger partial charge in [-0.05, 0) is 26.7 Å². The number of hydrogen-bond acceptors (Lipinski definition) is 3. The van der Waals surface area contributed by atoms with Crippen molar-refractivity contribution < 1.29 is 8.42 Å². The Bertz CT molecular complexity index is 583. The standard InChI is InChI=1S/C13H22ClN3O2S/c1-10-13(11(2)16(3)15-10)20(18,19)17-8-6-4-5-7-12(17)9-14/h12H,4-9H2,1-3H3. The highest BCUT2D eigenvalue weighted by atomic mass is 35.5. The summed E-state index contributed by atoms with van der Waals surface area (Å²) in [6, 6.07) is -0.108. The van der Waals surface area contributed by atoms with E-state index >= 15 is 0 Å². The maximum Gasteiger partial charge on any atom is 0.247 e. The van der Waals surface area contributed by atoms with E-state index in [9.17, 15) is 8.42 Å². The lowest BCUT2D eigenvalue weighted by molar-refractivity contribution is 0.344. The Balaban J connectivity index is 2.47. The smallest absolute Gasteiger partial charge is 0.247 e. The molecule has 0 radical (unpaired) electrons. The molecule has 1 aromatic rings. The van der Waals surface area contributed by atoms with Crippen LogP contribution in [0.1, 0.15) is 37.1 Å². The van der Waals surface area contributed by atoms with Gasteiger partial charge in [0.1, 0.15) is 4.90 Å². The summed E-state index contributed by atoms with van der Waals surface area (Å²) in [5, 5.41) is 4.22. The van der Waals surface area contributed by atoms with Crippen LogP contribution < -0.4 is 0 Å². The molecule has 1 fully saturated rings. The zero-order chi connectivity index (χ0) is 14.9. The Kier molecular flexibility index (Phi) is 4.76. The van der Waals surface area contributed by atoms with Crippen molar-refractivity contribution in [2.24, 2.45) is 7.05 Å². The van der Waals surface area contributed by atoms with E-state index in [2.05, 4.69) is 5.10 Å². The molecule has 20 heavy (non-hydrogen) atoms. The second-order valence-corrected chi connectivity index (χ2v) is 7.53. The first kappa shape index (κ1) is 15.8. The van der Waals surface area contributed by atoms with Crippen molar-refractivity contribution in [3.05, 3.63) is 11.4 Å². The first-order chi connectivity index (χ1) is 9.39. The summed E-state index contributed by atoms with van der Waals surface area (Å²) in [5.41, 5.74) is 1.24. The fourth-order valence-corrected chi connectivity index (χ4v) is 5.36. The summed E-state index contributed by atoms with van der Waals surface area (Å²) in [6.07, 6.45) is 3.82. The average Bonchev–Trinajstić information content (AvgIpc) is 2.59. The van der Waals surface area contributed by atoms with Gasteiger partial charge in [-0.15, -0.1) is 11.6 Å². The summed E-state index contributed by atoms with van der Waals surface area (Å²) in [6.45, 7) is 4.08. The quantitative estimate of drug-likeness (QED) is 0.803. The molecule has 1 aliphatic heterocycles. The molecule has 0 amide bonds. The van der Waals surface area contributed by atoms with E-state index < -0.39 is 10.0 Å². The summed E-state index contributed by atoms with van der Waals surface area (Å²) in [4.78, 5) is 0.344. The van der Waals surface area contributed by atoms with Crippen molar-refractivity contribution >= 4 is 21.6 Å². The van der Waals surface area contributed by atoms with Gasteiger partial charge in [-0.2, -0.15) is 9.40 Å². The number of sulfonamides is 1. The first-order valence-electron chi connectivity index (χ1n) is 6.97. The number of nitrogens with zero attached hydrogens (tertiary/aromatic N) is 3. The molecule has 2 rings (SSSR count). The van der Waals surface area contributed by atoms with Gasteiger partial charge in [-0.25, -0.2) is 8.42 Å². The van der Waals surface area contributed by atoms with Crippen LogP contribution in [0.5, 0.6) is 0 Å². The second kappa shape index (κ2) is 6.03. The fourth-order valence-electron chi connectivity index (χ4n) is 2.87. The van der Waals surface area contributed by atoms with Crippen LogP contribution in [0.15, 0.2) is 4.90 Å². The maximum atomic E-state index is 13.0. The predicted octanol–water partition coefficient (Wildman–Crippen LogP) is 2.21. The Hall–Kier alpha value is -0.590. The minimum absolute atomic E-state index is 0.108. The topological polar surface area (TPSA) is 55.2 Å². The molecule has 1 aliphatic rings. The van der Waals surface area contributed by atoms with Gasteiger partial charge in [0.2, 0.25) is 10.0 Å².